The van der Waals surface area contributed by atoms with E-state index in [1.807, 2.05) is 47.4 Å². The lowest BCUT2D eigenvalue weighted by Crippen LogP contribution is -2.33. The van der Waals surface area contributed by atoms with Gasteiger partial charge in [-0.3, -0.25) is 4.79 Å². The molecule has 0 radical (unpaired) electrons. The van der Waals surface area contributed by atoms with Crippen molar-refractivity contribution in [1.29, 1.82) is 0 Å². The summed E-state index contributed by atoms with van der Waals surface area (Å²) in [6.45, 7) is 3.18. The lowest BCUT2D eigenvalue weighted by Gasteiger charge is -2.17. The molecule has 2 N–H and O–H groups in total. The molecule has 2 aromatic carbocycles. The standard InChI is InChI=1S/C21H23FN2O/c1-13-7-8-16(19(20(13)22)14-5-3-2-4-6-14)17-11-18(17)21(25)24-10-9-15(23)12-24/h2-8,15,17-18H,9-12,23H2,1H3. The Morgan fingerprint density at radius 3 is 2.64 bits per heavy atom. The fraction of sp³-hybridized carbons (Fsp3) is 0.381. The normalized spacial score (nSPS) is 25.2. The van der Waals surface area contributed by atoms with E-state index in [1.54, 1.807) is 6.92 Å². The zero-order chi connectivity index (χ0) is 17.6. The molecule has 2 aromatic rings. The van der Waals surface area contributed by atoms with Gasteiger partial charge in [0, 0.05) is 30.6 Å². The van der Waals surface area contributed by atoms with Crippen molar-refractivity contribution in [2.75, 3.05) is 13.1 Å². The van der Waals surface area contributed by atoms with E-state index in [2.05, 4.69) is 0 Å². The highest BCUT2D eigenvalue weighted by Gasteiger charge is 2.47. The van der Waals surface area contributed by atoms with Crippen LogP contribution in [-0.4, -0.2) is 29.9 Å². The Labute approximate surface area is 147 Å². The van der Waals surface area contributed by atoms with E-state index in [1.165, 1.54) is 0 Å². The first-order valence-corrected chi connectivity index (χ1v) is 8.95. The number of halogens is 1. The molecule has 25 heavy (non-hydrogen) atoms. The van der Waals surface area contributed by atoms with Gasteiger partial charge in [-0.15, -0.1) is 0 Å². The molecule has 130 valence electrons. The van der Waals surface area contributed by atoms with Crippen molar-refractivity contribution in [1.82, 2.24) is 4.90 Å². The minimum atomic E-state index is -0.176. The Kier molecular flexibility index (Phi) is 4.08. The molecule has 4 heteroatoms. The highest BCUT2D eigenvalue weighted by Crippen LogP contribution is 2.52. The number of aryl methyl sites for hydroxylation is 1. The summed E-state index contributed by atoms with van der Waals surface area (Å²) >= 11 is 0. The fourth-order valence-corrected chi connectivity index (χ4v) is 3.94. The lowest BCUT2D eigenvalue weighted by molar-refractivity contribution is -0.131. The van der Waals surface area contributed by atoms with Crippen LogP contribution >= 0.6 is 0 Å². The second-order valence-corrected chi connectivity index (χ2v) is 7.31. The first-order chi connectivity index (χ1) is 12.1. The maximum atomic E-state index is 14.9. The molecule has 1 aliphatic heterocycles. The van der Waals surface area contributed by atoms with Crippen LogP contribution in [0.4, 0.5) is 4.39 Å². The van der Waals surface area contributed by atoms with Gasteiger partial charge in [0.1, 0.15) is 5.82 Å². The maximum Gasteiger partial charge on any atom is 0.226 e. The number of amides is 1. The van der Waals surface area contributed by atoms with Crippen LogP contribution in [0, 0.1) is 18.7 Å². The average molecular weight is 338 g/mol. The molecule has 0 spiro atoms. The third-order valence-corrected chi connectivity index (χ3v) is 5.47. The summed E-state index contributed by atoms with van der Waals surface area (Å²) in [6.07, 6.45) is 1.67. The highest BCUT2D eigenvalue weighted by molar-refractivity contribution is 5.84. The minimum absolute atomic E-state index is 0.0325. The van der Waals surface area contributed by atoms with Gasteiger partial charge in [-0.25, -0.2) is 4.39 Å². The van der Waals surface area contributed by atoms with Gasteiger partial charge in [0.2, 0.25) is 5.91 Å². The van der Waals surface area contributed by atoms with Gasteiger partial charge < -0.3 is 10.6 Å². The Morgan fingerprint density at radius 2 is 1.96 bits per heavy atom. The van der Waals surface area contributed by atoms with E-state index in [-0.39, 0.29) is 29.6 Å². The monoisotopic (exact) mass is 338 g/mol. The van der Waals surface area contributed by atoms with E-state index in [4.69, 9.17) is 5.73 Å². The summed E-state index contributed by atoms with van der Waals surface area (Å²) in [7, 11) is 0. The van der Waals surface area contributed by atoms with Gasteiger partial charge >= 0.3 is 0 Å². The van der Waals surface area contributed by atoms with Crippen LogP contribution in [0.5, 0.6) is 0 Å². The molecule has 1 saturated carbocycles. The molecule has 2 aliphatic rings. The molecule has 1 saturated heterocycles. The van der Waals surface area contributed by atoms with Gasteiger partial charge in [-0.1, -0.05) is 42.5 Å². The van der Waals surface area contributed by atoms with Crippen molar-refractivity contribution >= 4 is 5.91 Å². The molecule has 0 aromatic heterocycles. The smallest absolute Gasteiger partial charge is 0.226 e. The summed E-state index contributed by atoms with van der Waals surface area (Å²) in [4.78, 5) is 14.6. The van der Waals surface area contributed by atoms with Crippen molar-refractivity contribution < 1.29 is 9.18 Å². The molecule has 3 unspecified atom stereocenters. The van der Waals surface area contributed by atoms with Crippen LogP contribution in [-0.2, 0) is 4.79 Å². The van der Waals surface area contributed by atoms with Gasteiger partial charge in [0.15, 0.2) is 0 Å². The van der Waals surface area contributed by atoms with E-state index < -0.39 is 0 Å². The third kappa shape index (κ3) is 2.95. The van der Waals surface area contributed by atoms with Gasteiger partial charge in [-0.2, -0.15) is 0 Å². The predicted molar refractivity (Wildman–Crippen MR) is 96.6 cm³/mol. The third-order valence-electron chi connectivity index (χ3n) is 5.47. The molecule has 2 fully saturated rings. The quantitative estimate of drug-likeness (QED) is 0.931. The summed E-state index contributed by atoms with van der Waals surface area (Å²) in [5, 5.41) is 0. The van der Waals surface area contributed by atoms with Crippen molar-refractivity contribution in [2.24, 2.45) is 11.7 Å². The average Bonchev–Trinajstić information content (AvgIpc) is 3.30. The summed E-state index contributed by atoms with van der Waals surface area (Å²) in [5.74, 6) is 0.0763. The van der Waals surface area contributed by atoms with Gasteiger partial charge in [0.05, 0.1) is 0 Å². The van der Waals surface area contributed by atoms with Crippen LogP contribution in [0.25, 0.3) is 11.1 Å². The molecule has 1 heterocycles. The number of nitrogens with zero attached hydrogens (tertiary/aromatic N) is 1. The molecule has 0 bridgehead atoms. The predicted octanol–water partition coefficient (Wildman–Crippen LogP) is 3.46. The lowest BCUT2D eigenvalue weighted by atomic mass is 9.93. The number of benzene rings is 2. The zero-order valence-electron chi connectivity index (χ0n) is 14.4. The maximum absolute atomic E-state index is 14.9. The van der Waals surface area contributed by atoms with Crippen molar-refractivity contribution in [2.45, 2.75) is 31.7 Å². The van der Waals surface area contributed by atoms with Crippen molar-refractivity contribution in [3.63, 3.8) is 0 Å². The summed E-state index contributed by atoms with van der Waals surface area (Å²) in [6, 6.07) is 13.5. The largest absolute Gasteiger partial charge is 0.341 e. The molecular formula is C21H23FN2O. The first-order valence-electron chi connectivity index (χ1n) is 8.95. The molecule has 3 nitrogen and oxygen atoms in total. The molecule has 1 amide bonds. The van der Waals surface area contributed by atoms with E-state index in [0.717, 1.165) is 30.5 Å². The Hall–Kier alpha value is -2.20. The fourth-order valence-electron chi connectivity index (χ4n) is 3.94. The minimum Gasteiger partial charge on any atom is -0.341 e. The van der Waals surface area contributed by atoms with Crippen molar-refractivity contribution in [3.8, 4) is 11.1 Å². The van der Waals surface area contributed by atoms with Gasteiger partial charge in [-0.05, 0) is 42.4 Å². The Morgan fingerprint density at radius 1 is 1.20 bits per heavy atom. The number of carbonyl (C=O) groups excluding carboxylic acids is 1. The molecule has 3 atom stereocenters. The van der Waals surface area contributed by atoms with Crippen LogP contribution in [0.2, 0.25) is 0 Å². The molecular weight excluding hydrogens is 315 g/mol. The van der Waals surface area contributed by atoms with Crippen molar-refractivity contribution in [3.05, 3.63) is 59.4 Å². The summed E-state index contributed by atoms with van der Waals surface area (Å²) < 4.78 is 14.9. The van der Waals surface area contributed by atoms with E-state index in [0.29, 0.717) is 17.7 Å². The highest BCUT2D eigenvalue weighted by atomic mass is 19.1. The van der Waals surface area contributed by atoms with Crippen LogP contribution in [0.3, 0.4) is 0 Å². The SMILES string of the molecule is Cc1ccc(C2CC2C(=O)N2CCC(N)C2)c(-c2ccccc2)c1F. The van der Waals surface area contributed by atoms with E-state index in [9.17, 15) is 9.18 Å². The first kappa shape index (κ1) is 16.3. The summed E-state index contributed by atoms with van der Waals surface area (Å²) in [5.41, 5.74) is 9.04. The topological polar surface area (TPSA) is 46.3 Å². The second kappa shape index (κ2) is 6.26. The Bertz CT molecular complexity index is 805. The van der Waals surface area contributed by atoms with E-state index >= 15 is 0 Å². The van der Waals surface area contributed by atoms with Crippen LogP contribution in [0.1, 0.15) is 29.9 Å². The van der Waals surface area contributed by atoms with Gasteiger partial charge in [0.25, 0.3) is 0 Å². The number of nitrogens with two attached hydrogens (primary N) is 1. The van der Waals surface area contributed by atoms with Crippen LogP contribution < -0.4 is 5.73 Å². The van der Waals surface area contributed by atoms with Crippen LogP contribution in [0.15, 0.2) is 42.5 Å². The zero-order valence-corrected chi connectivity index (χ0v) is 14.4. The number of carbonyl (C=O) groups is 1. The molecule has 1 aliphatic carbocycles. The number of hydrogen-bond donors (Lipinski definition) is 1. The Balaban J connectivity index is 1.64. The number of likely N-dealkylation sites (tertiary alicyclic amines) is 1. The second-order valence-electron chi connectivity index (χ2n) is 7.31. The number of rotatable bonds is 3. The number of hydrogen-bond acceptors (Lipinski definition) is 2. The molecule has 4 rings (SSSR count).